The Hall–Kier alpha value is -2.35. The first-order valence-electron chi connectivity index (χ1n) is 8.04. The van der Waals surface area contributed by atoms with Crippen LogP contribution in [0.1, 0.15) is 25.8 Å². The van der Waals surface area contributed by atoms with Gasteiger partial charge in [0.25, 0.3) is 5.69 Å². The Morgan fingerprint density at radius 2 is 2.20 bits per heavy atom. The highest BCUT2D eigenvalue weighted by atomic mass is 32.2. The van der Waals surface area contributed by atoms with Crippen LogP contribution in [0.2, 0.25) is 0 Å². The van der Waals surface area contributed by atoms with E-state index in [1.165, 1.54) is 34.9 Å². The molecule has 2 amide bonds. The van der Waals surface area contributed by atoms with Crippen molar-refractivity contribution in [1.29, 1.82) is 0 Å². The normalized spacial score (nSPS) is 18.3. The van der Waals surface area contributed by atoms with Crippen LogP contribution in [-0.2, 0) is 9.59 Å². The fraction of sp³-hybridized carbons (Fsp3) is 0.412. The Morgan fingerprint density at radius 3 is 2.88 bits per heavy atom. The summed E-state index contributed by atoms with van der Waals surface area (Å²) in [6, 6.07) is 5.75. The van der Waals surface area contributed by atoms with E-state index >= 15 is 0 Å². The summed E-state index contributed by atoms with van der Waals surface area (Å²) in [6.07, 6.45) is 3.53. The predicted molar refractivity (Wildman–Crippen MR) is 98.0 cm³/mol. The number of hydrogen-bond acceptors (Lipinski definition) is 5. The first-order valence-corrected chi connectivity index (χ1v) is 9.19. The SMILES string of the molecule is CCC(C)NC(=O)C1CSCN1C(=O)C=Cc1ccccc1[N+](=O)[O-]. The number of carbonyl (C=O) groups excluding carboxylic acids is 2. The van der Waals surface area contributed by atoms with Crippen molar-refractivity contribution >= 4 is 35.3 Å². The van der Waals surface area contributed by atoms with Crippen LogP contribution in [0.5, 0.6) is 0 Å². The van der Waals surface area contributed by atoms with Gasteiger partial charge in [0.05, 0.1) is 16.4 Å². The summed E-state index contributed by atoms with van der Waals surface area (Å²) in [5.41, 5.74) is 0.293. The lowest BCUT2D eigenvalue weighted by Gasteiger charge is -2.23. The van der Waals surface area contributed by atoms with Crippen molar-refractivity contribution in [3.8, 4) is 0 Å². The summed E-state index contributed by atoms with van der Waals surface area (Å²) < 4.78 is 0. The van der Waals surface area contributed by atoms with Crippen molar-refractivity contribution in [2.75, 3.05) is 11.6 Å². The predicted octanol–water partition coefficient (Wildman–Crippen LogP) is 2.42. The lowest BCUT2D eigenvalue weighted by atomic mass is 10.1. The van der Waals surface area contributed by atoms with Gasteiger partial charge in [-0.1, -0.05) is 19.1 Å². The monoisotopic (exact) mass is 363 g/mol. The molecule has 1 aliphatic heterocycles. The number of para-hydroxylation sites is 1. The Bertz CT molecular complexity index is 692. The Balaban J connectivity index is 2.09. The van der Waals surface area contributed by atoms with Gasteiger partial charge >= 0.3 is 0 Å². The average Bonchev–Trinajstić information content (AvgIpc) is 3.09. The number of nitro groups is 1. The minimum atomic E-state index is -0.512. The number of carbonyl (C=O) groups is 2. The second kappa shape index (κ2) is 8.66. The number of nitrogens with one attached hydrogen (secondary N) is 1. The molecule has 0 bridgehead atoms. The zero-order valence-corrected chi connectivity index (χ0v) is 15.0. The van der Waals surface area contributed by atoms with E-state index in [1.807, 2.05) is 13.8 Å². The fourth-order valence-electron chi connectivity index (χ4n) is 2.37. The average molecular weight is 363 g/mol. The summed E-state index contributed by atoms with van der Waals surface area (Å²) in [5.74, 6) is 0.491. The van der Waals surface area contributed by atoms with Gasteiger partial charge in [-0.3, -0.25) is 19.7 Å². The number of nitrogens with zero attached hydrogens (tertiary/aromatic N) is 2. The van der Waals surface area contributed by atoms with Crippen LogP contribution in [0.15, 0.2) is 30.3 Å². The van der Waals surface area contributed by atoms with Gasteiger partial charge in [-0.25, -0.2) is 0 Å². The molecular weight excluding hydrogens is 342 g/mol. The van der Waals surface area contributed by atoms with Crippen LogP contribution in [0.25, 0.3) is 6.08 Å². The number of benzene rings is 1. The van der Waals surface area contributed by atoms with E-state index in [-0.39, 0.29) is 23.5 Å². The number of nitro benzene ring substituents is 1. The van der Waals surface area contributed by atoms with Crippen molar-refractivity contribution in [2.24, 2.45) is 0 Å². The molecule has 7 nitrogen and oxygen atoms in total. The molecule has 0 saturated carbocycles. The van der Waals surface area contributed by atoms with Gasteiger partial charge in [0, 0.05) is 23.9 Å². The molecule has 8 heteroatoms. The molecular formula is C17H21N3O4S. The molecule has 1 aliphatic rings. The van der Waals surface area contributed by atoms with Crippen LogP contribution < -0.4 is 5.32 Å². The molecule has 1 fully saturated rings. The zero-order chi connectivity index (χ0) is 18.4. The van der Waals surface area contributed by atoms with Gasteiger partial charge in [-0.15, -0.1) is 11.8 Å². The lowest BCUT2D eigenvalue weighted by molar-refractivity contribution is -0.385. The van der Waals surface area contributed by atoms with Gasteiger partial charge in [0.1, 0.15) is 6.04 Å². The smallest absolute Gasteiger partial charge is 0.276 e. The molecule has 0 radical (unpaired) electrons. The molecule has 2 atom stereocenters. The van der Waals surface area contributed by atoms with E-state index in [4.69, 9.17) is 0 Å². The van der Waals surface area contributed by atoms with E-state index in [9.17, 15) is 19.7 Å². The maximum Gasteiger partial charge on any atom is 0.276 e. The topological polar surface area (TPSA) is 92.6 Å². The largest absolute Gasteiger partial charge is 0.352 e. The van der Waals surface area contributed by atoms with Crippen LogP contribution in [-0.4, -0.2) is 45.4 Å². The molecule has 1 aromatic rings. The third kappa shape index (κ3) is 4.82. The van der Waals surface area contributed by atoms with E-state index in [1.54, 1.807) is 18.2 Å². The molecule has 134 valence electrons. The third-order valence-corrected chi connectivity index (χ3v) is 5.02. The second-order valence-electron chi connectivity index (χ2n) is 5.79. The van der Waals surface area contributed by atoms with E-state index in [0.29, 0.717) is 17.2 Å². The minimum absolute atomic E-state index is 0.0533. The van der Waals surface area contributed by atoms with Crippen molar-refractivity contribution in [3.05, 3.63) is 46.0 Å². The summed E-state index contributed by atoms with van der Waals surface area (Å²) >= 11 is 1.51. The lowest BCUT2D eigenvalue weighted by Crippen LogP contribution is -2.48. The summed E-state index contributed by atoms with van der Waals surface area (Å²) in [4.78, 5) is 36.8. The van der Waals surface area contributed by atoms with Gasteiger partial charge in [-0.2, -0.15) is 0 Å². The summed E-state index contributed by atoms with van der Waals surface area (Å²) in [5, 5.41) is 13.9. The number of amides is 2. The van der Waals surface area contributed by atoms with Crippen molar-refractivity contribution in [2.45, 2.75) is 32.4 Å². The van der Waals surface area contributed by atoms with E-state index in [2.05, 4.69) is 5.32 Å². The summed E-state index contributed by atoms with van der Waals surface area (Å²) in [7, 11) is 0. The summed E-state index contributed by atoms with van der Waals surface area (Å²) in [6.45, 7) is 3.90. The first-order chi connectivity index (χ1) is 11.9. The molecule has 2 unspecified atom stereocenters. The molecule has 1 N–H and O–H groups in total. The van der Waals surface area contributed by atoms with Crippen LogP contribution in [0, 0.1) is 10.1 Å². The van der Waals surface area contributed by atoms with Gasteiger partial charge in [0.15, 0.2) is 0 Å². The van der Waals surface area contributed by atoms with Gasteiger partial charge in [0.2, 0.25) is 11.8 Å². The molecule has 2 rings (SSSR count). The molecule has 1 aromatic carbocycles. The zero-order valence-electron chi connectivity index (χ0n) is 14.2. The first kappa shape index (κ1) is 19.0. The number of rotatable bonds is 6. The maximum atomic E-state index is 12.4. The maximum absolute atomic E-state index is 12.4. The standard InChI is InChI=1S/C17H21N3O4S/c1-3-12(2)18-17(22)15-10-25-11-19(15)16(21)9-8-13-6-4-5-7-14(13)20(23)24/h4-9,12,15H,3,10-11H2,1-2H3,(H,18,22). The van der Waals surface area contributed by atoms with Gasteiger partial charge in [-0.05, 0) is 25.5 Å². The van der Waals surface area contributed by atoms with Crippen LogP contribution in [0.3, 0.4) is 0 Å². The Labute approximate surface area is 150 Å². The molecule has 1 saturated heterocycles. The quantitative estimate of drug-likeness (QED) is 0.476. The van der Waals surface area contributed by atoms with E-state index in [0.717, 1.165) is 6.42 Å². The van der Waals surface area contributed by atoms with Gasteiger partial charge < -0.3 is 10.2 Å². The highest BCUT2D eigenvalue weighted by molar-refractivity contribution is 7.99. The van der Waals surface area contributed by atoms with Crippen molar-refractivity contribution in [3.63, 3.8) is 0 Å². The number of thioether (sulfide) groups is 1. The molecule has 0 aromatic heterocycles. The van der Waals surface area contributed by atoms with E-state index < -0.39 is 11.0 Å². The molecule has 0 aliphatic carbocycles. The highest BCUT2D eigenvalue weighted by Gasteiger charge is 2.34. The number of hydrogen-bond donors (Lipinski definition) is 1. The molecule has 25 heavy (non-hydrogen) atoms. The fourth-order valence-corrected chi connectivity index (χ4v) is 3.53. The Morgan fingerprint density at radius 1 is 1.48 bits per heavy atom. The Kier molecular flexibility index (Phi) is 6.58. The van der Waals surface area contributed by atoms with Crippen LogP contribution >= 0.6 is 11.8 Å². The van der Waals surface area contributed by atoms with Crippen molar-refractivity contribution < 1.29 is 14.5 Å². The van der Waals surface area contributed by atoms with Crippen molar-refractivity contribution in [1.82, 2.24) is 10.2 Å². The highest BCUT2D eigenvalue weighted by Crippen LogP contribution is 2.23. The minimum Gasteiger partial charge on any atom is -0.352 e. The second-order valence-corrected chi connectivity index (χ2v) is 6.79. The van der Waals surface area contributed by atoms with Crippen LogP contribution in [0.4, 0.5) is 5.69 Å². The molecule has 0 spiro atoms. The molecule has 1 heterocycles. The third-order valence-electron chi connectivity index (χ3n) is 4.01.